The summed E-state index contributed by atoms with van der Waals surface area (Å²) in [5.41, 5.74) is 0.176. The number of carboxylic acid groups (broad SMARTS) is 1. The number of rotatable bonds is 1. The monoisotopic (exact) mass is 230 g/mol. The first-order valence-corrected chi connectivity index (χ1v) is 5.69. The first-order chi connectivity index (χ1) is 7.64. The van der Waals surface area contributed by atoms with E-state index in [0.29, 0.717) is 0 Å². The van der Waals surface area contributed by atoms with Crippen LogP contribution >= 0.6 is 0 Å². The Bertz CT molecular complexity index is 156. The van der Waals surface area contributed by atoms with E-state index in [1.165, 1.54) is 32.6 Å². The summed E-state index contributed by atoms with van der Waals surface area (Å²) in [6.45, 7) is 8.60. The van der Waals surface area contributed by atoms with Crippen molar-refractivity contribution in [2.75, 3.05) is 26.4 Å². The Hall–Kier alpha value is -0.870. The third-order valence-electron chi connectivity index (χ3n) is 2.02. The maximum Gasteiger partial charge on any atom is 0.330 e. The smallest absolute Gasteiger partial charge is 0.330 e. The zero-order valence-electron chi connectivity index (χ0n) is 10.0. The summed E-state index contributed by atoms with van der Waals surface area (Å²) in [4.78, 5) is 9.60. The molecule has 2 aliphatic heterocycles. The highest BCUT2D eigenvalue weighted by molar-refractivity contribution is 5.84. The van der Waals surface area contributed by atoms with Crippen LogP contribution in [0.2, 0.25) is 0 Å². The van der Waals surface area contributed by atoms with E-state index in [9.17, 15) is 4.79 Å². The molecule has 2 rings (SSSR count). The molecular weight excluding hydrogens is 208 g/mol. The number of aliphatic carboxylic acids is 1. The van der Waals surface area contributed by atoms with Crippen molar-refractivity contribution < 1.29 is 19.4 Å². The van der Waals surface area contributed by atoms with Crippen molar-refractivity contribution in [1.82, 2.24) is 0 Å². The summed E-state index contributed by atoms with van der Waals surface area (Å²) in [5.74, 6) is -0.935. The predicted molar refractivity (Wildman–Crippen MR) is 62.6 cm³/mol. The van der Waals surface area contributed by atoms with Gasteiger partial charge in [-0.1, -0.05) is 6.58 Å². The van der Waals surface area contributed by atoms with Crippen molar-refractivity contribution in [1.29, 1.82) is 0 Å². The van der Waals surface area contributed by atoms with Crippen LogP contribution in [0.1, 0.15) is 32.6 Å². The topological polar surface area (TPSA) is 55.8 Å². The van der Waals surface area contributed by atoms with Crippen LogP contribution in [0.15, 0.2) is 12.2 Å². The Morgan fingerprint density at radius 1 is 1.00 bits per heavy atom. The molecule has 0 radical (unpaired) electrons. The van der Waals surface area contributed by atoms with E-state index in [1.807, 2.05) is 0 Å². The van der Waals surface area contributed by atoms with Gasteiger partial charge in [0, 0.05) is 32.0 Å². The standard InChI is InChI=1S/C4H6O2.2C4H8O/c1-3(2)4(5)6;2*1-2-4-5-3-1/h1H2,2H3,(H,5,6);2*1-4H2. The average molecular weight is 230 g/mol. The molecule has 2 saturated heterocycles. The zero-order valence-corrected chi connectivity index (χ0v) is 10.0. The van der Waals surface area contributed by atoms with Crippen LogP contribution in [-0.4, -0.2) is 37.5 Å². The second-order valence-electron chi connectivity index (χ2n) is 3.72. The molecule has 1 N–H and O–H groups in total. The fourth-order valence-electron chi connectivity index (χ4n) is 1.02. The number of carboxylic acids is 1. The SMILES string of the molecule is C1CCOC1.C1CCOC1.C=C(C)C(=O)O. The van der Waals surface area contributed by atoms with Gasteiger partial charge in [-0.15, -0.1) is 0 Å². The van der Waals surface area contributed by atoms with Gasteiger partial charge in [0.1, 0.15) is 0 Å². The van der Waals surface area contributed by atoms with Gasteiger partial charge >= 0.3 is 5.97 Å². The zero-order chi connectivity index (χ0) is 12.2. The molecule has 0 aromatic rings. The fourth-order valence-corrected chi connectivity index (χ4v) is 1.02. The van der Waals surface area contributed by atoms with E-state index in [4.69, 9.17) is 14.6 Å². The van der Waals surface area contributed by atoms with E-state index in [0.717, 1.165) is 26.4 Å². The minimum atomic E-state index is -0.935. The Morgan fingerprint density at radius 2 is 1.25 bits per heavy atom. The van der Waals surface area contributed by atoms with Crippen molar-refractivity contribution in [2.24, 2.45) is 0 Å². The predicted octanol–water partition coefficient (Wildman–Crippen LogP) is 2.24. The lowest BCUT2D eigenvalue weighted by atomic mass is 10.4. The van der Waals surface area contributed by atoms with Crippen LogP contribution in [-0.2, 0) is 14.3 Å². The average Bonchev–Trinajstić information content (AvgIpc) is 2.97. The van der Waals surface area contributed by atoms with Crippen LogP contribution in [0.4, 0.5) is 0 Å². The molecule has 0 bridgehead atoms. The lowest BCUT2D eigenvalue weighted by Crippen LogP contribution is -1.92. The van der Waals surface area contributed by atoms with Crippen molar-refractivity contribution >= 4 is 5.97 Å². The van der Waals surface area contributed by atoms with Crippen LogP contribution in [0.5, 0.6) is 0 Å². The largest absolute Gasteiger partial charge is 0.478 e. The summed E-state index contributed by atoms with van der Waals surface area (Å²) >= 11 is 0. The lowest BCUT2D eigenvalue weighted by molar-refractivity contribution is -0.132. The van der Waals surface area contributed by atoms with Gasteiger partial charge in [-0.05, 0) is 32.6 Å². The van der Waals surface area contributed by atoms with Gasteiger partial charge in [0.05, 0.1) is 0 Å². The molecule has 0 aromatic carbocycles. The van der Waals surface area contributed by atoms with Crippen molar-refractivity contribution in [2.45, 2.75) is 32.6 Å². The summed E-state index contributed by atoms with van der Waals surface area (Å²) < 4.78 is 9.89. The number of carbonyl (C=O) groups is 1. The number of hydrogen-bond donors (Lipinski definition) is 1. The Labute approximate surface area is 97.2 Å². The first-order valence-electron chi connectivity index (χ1n) is 5.69. The molecule has 4 nitrogen and oxygen atoms in total. The van der Waals surface area contributed by atoms with Crippen molar-refractivity contribution in [3.63, 3.8) is 0 Å². The third-order valence-corrected chi connectivity index (χ3v) is 2.02. The molecule has 2 heterocycles. The minimum Gasteiger partial charge on any atom is -0.478 e. The van der Waals surface area contributed by atoms with Crippen LogP contribution in [0, 0.1) is 0 Å². The maximum absolute atomic E-state index is 9.60. The number of hydrogen-bond acceptors (Lipinski definition) is 3. The molecule has 0 amide bonds. The molecule has 16 heavy (non-hydrogen) atoms. The molecule has 0 atom stereocenters. The summed E-state index contributed by atoms with van der Waals surface area (Å²) in [6, 6.07) is 0. The summed E-state index contributed by atoms with van der Waals surface area (Å²) in [7, 11) is 0. The highest BCUT2D eigenvalue weighted by atomic mass is 16.5. The molecule has 0 spiro atoms. The van der Waals surface area contributed by atoms with E-state index in [2.05, 4.69) is 6.58 Å². The first kappa shape index (κ1) is 15.1. The quantitative estimate of drug-likeness (QED) is 0.702. The Balaban J connectivity index is 0.000000211. The lowest BCUT2D eigenvalue weighted by Gasteiger charge is -1.79. The highest BCUT2D eigenvalue weighted by Gasteiger charge is 1.95. The van der Waals surface area contributed by atoms with Crippen LogP contribution < -0.4 is 0 Å². The fraction of sp³-hybridized carbons (Fsp3) is 0.750. The van der Waals surface area contributed by atoms with E-state index < -0.39 is 5.97 Å². The second kappa shape index (κ2) is 10.6. The molecule has 2 fully saturated rings. The summed E-state index contributed by atoms with van der Waals surface area (Å²) in [6.07, 6.45) is 5.11. The van der Waals surface area contributed by atoms with Crippen LogP contribution in [0.25, 0.3) is 0 Å². The van der Waals surface area contributed by atoms with Gasteiger partial charge in [0.25, 0.3) is 0 Å². The van der Waals surface area contributed by atoms with Gasteiger partial charge in [0.2, 0.25) is 0 Å². The Morgan fingerprint density at radius 3 is 1.31 bits per heavy atom. The summed E-state index contributed by atoms with van der Waals surface area (Å²) in [5, 5.41) is 7.89. The number of ether oxygens (including phenoxy) is 2. The normalized spacial score (nSPS) is 17.8. The highest BCUT2D eigenvalue weighted by Crippen LogP contribution is 1.98. The molecule has 0 saturated carbocycles. The van der Waals surface area contributed by atoms with Gasteiger partial charge in [-0.2, -0.15) is 0 Å². The van der Waals surface area contributed by atoms with Gasteiger partial charge < -0.3 is 14.6 Å². The van der Waals surface area contributed by atoms with Crippen molar-refractivity contribution in [3.05, 3.63) is 12.2 Å². The Kier molecular flexibility index (Phi) is 10.1. The molecule has 0 aliphatic carbocycles. The molecule has 0 aromatic heterocycles. The van der Waals surface area contributed by atoms with Gasteiger partial charge in [-0.25, -0.2) is 4.79 Å². The molecule has 94 valence electrons. The van der Waals surface area contributed by atoms with E-state index in [-0.39, 0.29) is 5.57 Å². The van der Waals surface area contributed by atoms with E-state index >= 15 is 0 Å². The van der Waals surface area contributed by atoms with Gasteiger partial charge in [0.15, 0.2) is 0 Å². The van der Waals surface area contributed by atoms with Crippen molar-refractivity contribution in [3.8, 4) is 0 Å². The maximum atomic E-state index is 9.60. The van der Waals surface area contributed by atoms with E-state index in [1.54, 1.807) is 0 Å². The third kappa shape index (κ3) is 11.2. The second-order valence-corrected chi connectivity index (χ2v) is 3.72. The van der Waals surface area contributed by atoms with Crippen LogP contribution in [0.3, 0.4) is 0 Å². The minimum absolute atomic E-state index is 0.176. The molecular formula is C12H22O4. The molecule has 0 unspecified atom stereocenters. The van der Waals surface area contributed by atoms with Gasteiger partial charge in [-0.3, -0.25) is 0 Å². The molecule has 4 heteroatoms. The molecule has 2 aliphatic rings.